The SMILES string of the molecule is C=C1\C=C(C)/C(C)=C\C(C(C)C)=C/C(C)=C/Nc2cncc(-n3nnc4ccccc43)c21. The minimum absolute atomic E-state index is 0.424. The lowest BCUT2D eigenvalue weighted by atomic mass is 9.94. The number of pyridine rings is 1. The van der Waals surface area contributed by atoms with Crippen LogP contribution in [0.25, 0.3) is 22.3 Å². The second-order valence-electron chi connectivity index (χ2n) is 8.58. The van der Waals surface area contributed by atoms with Crippen LogP contribution in [-0.2, 0) is 0 Å². The van der Waals surface area contributed by atoms with Gasteiger partial charge in [0.25, 0.3) is 0 Å². The van der Waals surface area contributed by atoms with Crippen LogP contribution in [0.4, 0.5) is 5.69 Å². The van der Waals surface area contributed by atoms with Gasteiger partial charge in [0.15, 0.2) is 0 Å². The monoisotopic (exact) mass is 423 g/mol. The van der Waals surface area contributed by atoms with Gasteiger partial charge < -0.3 is 5.32 Å². The molecule has 0 saturated carbocycles. The summed E-state index contributed by atoms with van der Waals surface area (Å²) in [6.45, 7) is 15.2. The summed E-state index contributed by atoms with van der Waals surface area (Å²) in [6.07, 6.45) is 12.3. The van der Waals surface area contributed by atoms with E-state index in [0.29, 0.717) is 5.92 Å². The lowest BCUT2D eigenvalue weighted by Gasteiger charge is -2.17. The van der Waals surface area contributed by atoms with Crippen LogP contribution in [0.2, 0.25) is 0 Å². The van der Waals surface area contributed by atoms with Gasteiger partial charge in [0.2, 0.25) is 0 Å². The van der Waals surface area contributed by atoms with Crippen molar-refractivity contribution in [2.45, 2.75) is 34.6 Å². The minimum Gasteiger partial charge on any atom is -0.360 e. The average molecular weight is 424 g/mol. The zero-order valence-electron chi connectivity index (χ0n) is 19.3. The van der Waals surface area contributed by atoms with Crippen LogP contribution in [0.1, 0.15) is 40.2 Å². The number of allylic oxidation sites excluding steroid dienone is 8. The Kier molecular flexibility index (Phi) is 5.91. The molecule has 1 aromatic carbocycles. The van der Waals surface area contributed by atoms with E-state index in [1.807, 2.05) is 47.5 Å². The van der Waals surface area contributed by atoms with Gasteiger partial charge in [-0.05, 0) is 66.7 Å². The van der Waals surface area contributed by atoms with Gasteiger partial charge in [-0.25, -0.2) is 4.68 Å². The molecule has 0 aliphatic carbocycles. The third-order valence-corrected chi connectivity index (χ3v) is 5.74. The number of rotatable bonds is 2. The van der Waals surface area contributed by atoms with E-state index < -0.39 is 0 Å². The Labute approximate surface area is 189 Å². The molecule has 5 heteroatoms. The molecule has 3 aromatic rings. The standard InChI is InChI=1S/C27H29N5/c1-17(2)22-11-18(3)14-29-24-15-28-16-26(27(24)21(6)12-19(4)20(5)13-22)32-25-10-8-7-9-23(25)30-31-32/h7-17,29H,6H2,1-5H3/b18-14+,19-12-,20-13-,22-11+. The zero-order valence-corrected chi connectivity index (χ0v) is 19.3. The van der Waals surface area contributed by atoms with Crippen LogP contribution in [0, 0.1) is 5.92 Å². The molecule has 3 heterocycles. The molecule has 1 aliphatic rings. The Balaban J connectivity index is 1.95. The Morgan fingerprint density at radius 2 is 1.72 bits per heavy atom. The highest BCUT2D eigenvalue weighted by Gasteiger charge is 2.17. The number of benzene rings is 1. The molecule has 162 valence electrons. The molecule has 0 bridgehead atoms. The number of hydrogen-bond donors (Lipinski definition) is 1. The largest absolute Gasteiger partial charge is 0.360 e. The number of aromatic nitrogens is 4. The number of nitrogens with zero attached hydrogens (tertiary/aromatic N) is 4. The van der Waals surface area contributed by atoms with Crippen molar-refractivity contribution in [1.82, 2.24) is 20.0 Å². The molecule has 0 spiro atoms. The van der Waals surface area contributed by atoms with Gasteiger partial charge >= 0.3 is 0 Å². The second-order valence-corrected chi connectivity index (χ2v) is 8.58. The van der Waals surface area contributed by atoms with Crippen molar-refractivity contribution in [1.29, 1.82) is 0 Å². The van der Waals surface area contributed by atoms with Gasteiger partial charge in [0.1, 0.15) is 5.52 Å². The number of hydrogen-bond acceptors (Lipinski definition) is 4. The van der Waals surface area contributed by atoms with Crippen LogP contribution in [0.3, 0.4) is 0 Å². The van der Waals surface area contributed by atoms with E-state index in [0.717, 1.165) is 39.1 Å². The summed E-state index contributed by atoms with van der Waals surface area (Å²) >= 11 is 0. The summed E-state index contributed by atoms with van der Waals surface area (Å²) in [5.41, 5.74) is 10.1. The summed E-state index contributed by atoms with van der Waals surface area (Å²) in [5.74, 6) is 0.424. The molecule has 0 unspecified atom stereocenters. The van der Waals surface area contributed by atoms with Crippen molar-refractivity contribution in [3.63, 3.8) is 0 Å². The highest BCUT2D eigenvalue weighted by molar-refractivity contribution is 5.88. The summed E-state index contributed by atoms with van der Waals surface area (Å²) in [6, 6.07) is 7.92. The average Bonchev–Trinajstić information content (AvgIpc) is 3.20. The fourth-order valence-corrected chi connectivity index (χ4v) is 3.79. The van der Waals surface area contributed by atoms with E-state index >= 15 is 0 Å². The number of anilines is 1. The molecule has 5 nitrogen and oxygen atoms in total. The van der Waals surface area contributed by atoms with Crippen molar-refractivity contribution in [3.8, 4) is 5.69 Å². The van der Waals surface area contributed by atoms with Crippen molar-refractivity contribution in [3.05, 3.63) is 95.5 Å². The minimum atomic E-state index is 0.424. The number of para-hydroxylation sites is 1. The predicted octanol–water partition coefficient (Wildman–Crippen LogP) is 6.63. The van der Waals surface area contributed by atoms with E-state index in [1.165, 1.54) is 16.7 Å². The molecule has 0 saturated heterocycles. The first-order chi connectivity index (χ1) is 15.3. The van der Waals surface area contributed by atoms with Gasteiger partial charge in [0, 0.05) is 11.8 Å². The highest BCUT2D eigenvalue weighted by Crippen LogP contribution is 2.33. The first-order valence-electron chi connectivity index (χ1n) is 10.8. The second kappa shape index (κ2) is 8.79. The van der Waals surface area contributed by atoms with E-state index in [1.54, 1.807) is 0 Å². The summed E-state index contributed by atoms with van der Waals surface area (Å²) < 4.78 is 1.83. The molecule has 0 fully saturated rings. The fraction of sp³-hybridized carbons (Fsp3) is 0.222. The third kappa shape index (κ3) is 4.19. The first kappa shape index (κ1) is 21.5. The van der Waals surface area contributed by atoms with Crippen LogP contribution in [-0.4, -0.2) is 20.0 Å². The number of nitrogens with one attached hydrogen (secondary N) is 1. The topological polar surface area (TPSA) is 55.6 Å². The third-order valence-electron chi connectivity index (χ3n) is 5.74. The van der Waals surface area contributed by atoms with Gasteiger partial charge in [-0.2, -0.15) is 0 Å². The Bertz CT molecular complexity index is 1310. The molecule has 1 aliphatic heterocycles. The zero-order chi connectivity index (χ0) is 22.8. The van der Waals surface area contributed by atoms with Crippen molar-refractivity contribution >= 4 is 22.3 Å². The van der Waals surface area contributed by atoms with Crippen molar-refractivity contribution in [2.24, 2.45) is 5.92 Å². The van der Waals surface area contributed by atoms with Gasteiger partial charge in [-0.3, -0.25) is 4.98 Å². The summed E-state index contributed by atoms with van der Waals surface area (Å²) in [5, 5.41) is 12.2. The quantitative estimate of drug-likeness (QED) is 0.502. The van der Waals surface area contributed by atoms with Crippen LogP contribution < -0.4 is 5.32 Å². The van der Waals surface area contributed by atoms with Gasteiger partial charge in [0.05, 0.1) is 29.3 Å². The van der Waals surface area contributed by atoms with Crippen LogP contribution in [0.15, 0.2) is 90.0 Å². The summed E-state index contributed by atoms with van der Waals surface area (Å²) in [4.78, 5) is 4.50. The van der Waals surface area contributed by atoms with Gasteiger partial charge in [-0.15, -0.1) is 5.10 Å². The normalized spacial score (nSPS) is 21.6. The smallest absolute Gasteiger partial charge is 0.113 e. The lowest BCUT2D eigenvalue weighted by Crippen LogP contribution is -2.06. The maximum Gasteiger partial charge on any atom is 0.113 e. The van der Waals surface area contributed by atoms with E-state index in [4.69, 9.17) is 0 Å². The van der Waals surface area contributed by atoms with Crippen molar-refractivity contribution < 1.29 is 0 Å². The van der Waals surface area contributed by atoms with E-state index in [2.05, 4.69) is 80.0 Å². The molecular weight excluding hydrogens is 394 g/mol. The highest BCUT2D eigenvalue weighted by atomic mass is 15.4. The molecule has 0 amide bonds. The Hall–Kier alpha value is -3.73. The maximum atomic E-state index is 4.50. The fourth-order valence-electron chi connectivity index (χ4n) is 3.79. The first-order valence-corrected chi connectivity index (χ1v) is 10.8. The Morgan fingerprint density at radius 3 is 2.50 bits per heavy atom. The van der Waals surface area contributed by atoms with Crippen LogP contribution >= 0.6 is 0 Å². The molecule has 32 heavy (non-hydrogen) atoms. The maximum absolute atomic E-state index is 4.50. The van der Waals surface area contributed by atoms with Crippen molar-refractivity contribution in [2.75, 3.05) is 5.32 Å². The molecule has 0 radical (unpaired) electrons. The lowest BCUT2D eigenvalue weighted by molar-refractivity contribution is 0.788. The Morgan fingerprint density at radius 1 is 0.969 bits per heavy atom. The molecule has 4 rings (SSSR count). The number of fused-ring (bicyclic) bond motifs is 2. The summed E-state index contributed by atoms with van der Waals surface area (Å²) in [7, 11) is 0. The molecule has 0 atom stereocenters. The molecule has 1 N–H and O–H groups in total. The van der Waals surface area contributed by atoms with Crippen LogP contribution in [0.5, 0.6) is 0 Å². The molecular formula is C27H29N5. The van der Waals surface area contributed by atoms with Gasteiger partial charge in [-0.1, -0.05) is 56.0 Å². The van der Waals surface area contributed by atoms with E-state index in [-0.39, 0.29) is 0 Å². The predicted molar refractivity (Wildman–Crippen MR) is 134 cm³/mol. The van der Waals surface area contributed by atoms with E-state index in [9.17, 15) is 0 Å². The molecule has 2 aromatic heterocycles.